The van der Waals surface area contributed by atoms with Crippen molar-refractivity contribution >= 4 is 0 Å². The molecule has 3 heterocycles. The highest BCUT2D eigenvalue weighted by Crippen LogP contribution is 2.29. The van der Waals surface area contributed by atoms with Gasteiger partial charge >= 0.3 is 0 Å². The molecule has 0 atom stereocenters. The second kappa shape index (κ2) is 8.08. The third-order valence-electron chi connectivity index (χ3n) is 4.53. The van der Waals surface area contributed by atoms with Gasteiger partial charge in [0, 0.05) is 42.4 Å². The number of nitrogens with zero attached hydrogens (tertiary/aromatic N) is 7. The molecule has 0 unspecified atom stereocenters. The van der Waals surface area contributed by atoms with Crippen LogP contribution >= 0.6 is 0 Å². The molecule has 4 rings (SSSR count). The molecule has 0 aliphatic heterocycles. The molecular formula is C20H22N8. The molecule has 0 spiro atoms. The Hall–Kier alpha value is -3.42. The van der Waals surface area contributed by atoms with Gasteiger partial charge in [0.25, 0.3) is 0 Å². The van der Waals surface area contributed by atoms with Crippen LogP contribution in [0.5, 0.6) is 0 Å². The summed E-state index contributed by atoms with van der Waals surface area (Å²) in [6.45, 7) is 5.09. The average molecular weight is 374 g/mol. The van der Waals surface area contributed by atoms with E-state index in [1.807, 2.05) is 41.2 Å². The molecular weight excluding hydrogens is 352 g/mol. The Morgan fingerprint density at radius 3 is 2.57 bits per heavy atom. The fourth-order valence-electron chi connectivity index (χ4n) is 3.15. The molecule has 8 heteroatoms. The zero-order valence-corrected chi connectivity index (χ0v) is 16.0. The maximum Gasteiger partial charge on any atom is 0.205 e. The van der Waals surface area contributed by atoms with E-state index in [4.69, 9.17) is 0 Å². The van der Waals surface area contributed by atoms with Gasteiger partial charge in [-0.25, -0.2) is 9.67 Å². The second-order valence-electron chi connectivity index (χ2n) is 6.52. The Kier molecular flexibility index (Phi) is 5.18. The first-order chi connectivity index (χ1) is 13.8. The SMILES string of the molecule is CCCn1nc(CC)nc1Cc1ccc(-c2ccccc2-c2nn[nH]n2)cn1. The number of hydrogen-bond acceptors (Lipinski definition) is 6. The van der Waals surface area contributed by atoms with Crippen LogP contribution in [-0.2, 0) is 19.4 Å². The number of benzene rings is 1. The van der Waals surface area contributed by atoms with Crippen molar-refractivity contribution in [1.29, 1.82) is 0 Å². The van der Waals surface area contributed by atoms with E-state index in [2.05, 4.69) is 55.6 Å². The summed E-state index contributed by atoms with van der Waals surface area (Å²) in [6.07, 6.45) is 4.41. The Morgan fingerprint density at radius 1 is 1.04 bits per heavy atom. The average Bonchev–Trinajstić information content (AvgIpc) is 3.39. The molecule has 0 aliphatic carbocycles. The number of pyridine rings is 1. The minimum Gasteiger partial charge on any atom is -0.260 e. The van der Waals surface area contributed by atoms with Crippen molar-refractivity contribution in [2.75, 3.05) is 0 Å². The van der Waals surface area contributed by atoms with Crippen LogP contribution in [0.4, 0.5) is 0 Å². The van der Waals surface area contributed by atoms with Crippen molar-refractivity contribution in [2.45, 2.75) is 39.7 Å². The van der Waals surface area contributed by atoms with Gasteiger partial charge in [-0.2, -0.15) is 10.3 Å². The van der Waals surface area contributed by atoms with Crippen molar-refractivity contribution in [2.24, 2.45) is 0 Å². The van der Waals surface area contributed by atoms with Crippen LogP contribution in [-0.4, -0.2) is 40.4 Å². The normalized spacial score (nSPS) is 11.1. The van der Waals surface area contributed by atoms with E-state index in [1.54, 1.807) is 0 Å². The number of aromatic amines is 1. The fraction of sp³-hybridized carbons (Fsp3) is 0.300. The Balaban J connectivity index is 1.60. The number of H-pyrrole nitrogens is 1. The summed E-state index contributed by atoms with van der Waals surface area (Å²) in [6, 6.07) is 12.1. The van der Waals surface area contributed by atoms with E-state index in [1.165, 1.54) is 0 Å². The smallest absolute Gasteiger partial charge is 0.205 e. The van der Waals surface area contributed by atoms with E-state index < -0.39 is 0 Å². The standard InChI is InChI=1S/C20H22N8/c1-3-11-28-19(22-18(4-2)25-28)12-15-10-9-14(13-21-15)16-7-5-6-8-17(16)20-23-26-27-24-20/h5-10,13H,3-4,11-12H2,1-2H3,(H,23,24,26,27). The lowest BCUT2D eigenvalue weighted by Crippen LogP contribution is -2.06. The summed E-state index contributed by atoms with van der Waals surface area (Å²) in [4.78, 5) is 9.32. The summed E-state index contributed by atoms with van der Waals surface area (Å²) >= 11 is 0. The van der Waals surface area contributed by atoms with Crippen LogP contribution < -0.4 is 0 Å². The van der Waals surface area contributed by atoms with Crippen LogP contribution in [0, 0.1) is 0 Å². The zero-order valence-electron chi connectivity index (χ0n) is 16.0. The van der Waals surface area contributed by atoms with E-state index >= 15 is 0 Å². The summed E-state index contributed by atoms with van der Waals surface area (Å²) in [5.41, 5.74) is 3.91. The first kappa shape index (κ1) is 18.0. The van der Waals surface area contributed by atoms with Gasteiger partial charge in [-0.3, -0.25) is 4.98 Å². The summed E-state index contributed by atoms with van der Waals surface area (Å²) in [5.74, 6) is 2.42. The highest BCUT2D eigenvalue weighted by atomic mass is 15.5. The van der Waals surface area contributed by atoms with Gasteiger partial charge in [0.1, 0.15) is 5.82 Å². The van der Waals surface area contributed by atoms with Gasteiger partial charge in [-0.1, -0.05) is 44.2 Å². The van der Waals surface area contributed by atoms with Crippen LogP contribution in [0.1, 0.15) is 37.6 Å². The minimum atomic E-state index is 0.569. The molecule has 0 saturated heterocycles. The molecule has 28 heavy (non-hydrogen) atoms. The molecule has 1 N–H and O–H groups in total. The molecule has 1 aromatic carbocycles. The molecule has 0 amide bonds. The largest absolute Gasteiger partial charge is 0.260 e. The van der Waals surface area contributed by atoms with Crippen LogP contribution in [0.25, 0.3) is 22.5 Å². The van der Waals surface area contributed by atoms with Gasteiger partial charge in [0.15, 0.2) is 5.82 Å². The lowest BCUT2D eigenvalue weighted by Gasteiger charge is -2.08. The molecule has 0 fully saturated rings. The van der Waals surface area contributed by atoms with E-state index in [-0.39, 0.29) is 0 Å². The predicted octanol–water partition coefficient (Wildman–Crippen LogP) is 3.08. The Morgan fingerprint density at radius 2 is 1.89 bits per heavy atom. The van der Waals surface area contributed by atoms with Gasteiger partial charge in [-0.05, 0) is 23.3 Å². The van der Waals surface area contributed by atoms with Crippen molar-refractivity contribution in [3.63, 3.8) is 0 Å². The number of tetrazole rings is 1. The summed E-state index contributed by atoms with van der Waals surface area (Å²) in [5, 5.41) is 18.9. The number of aryl methyl sites for hydroxylation is 2. The van der Waals surface area contributed by atoms with Crippen molar-refractivity contribution in [1.82, 2.24) is 40.4 Å². The minimum absolute atomic E-state index is 0.569. The van der Waals surface area contributed by atoms with Gasteiger partial charge in [0.05, 0.1) is 0 Å². The van der Waals surface area contributed by atoms with Crippen molar-refractivity contribution in [3.8, 4) is 22.5 Å². The maximum atomic E-state index is 4.66. The monoisotopic (exact) mass is 374 g/mol. The molecule has 0 radical (unpaired) electrons. The van der Waals surface area contributed by atoms with Crippen LogP contribution in [0.3, 0.4) is 0 Å². The third-order valence-corrected chi connectivity index (χ3v) is 4.53. The third kappa shape index (κ3) is 3.66. The Bertz CT molecular complexity index is 1030. The number of hydrogen-bond donors (Lipinski definition) is 1. The number of aromatic nitrogens is 8. The maximum absolute atomic E-state index is 4.66. The first-order valence-corrected chi connectivity index (χ1v) is 9.49. The van der Waals surface area contributed by atoms with Gasteiger partial charge < -0.3 is 0 Å². The topological polar surface area (TPSA) is 98.1 Å². The van der Waals surface area contributed by atoms with E-state index in [0.717, 1.165) is 53.4 Å². The summed E-state index contributed by atoms with van der Waals surface area (Å²) in [7, 11) is 0. The predicted molar refractivity (Wildman–Crippen MR) is 105 cm³/mol. The Labute approximate surface area is 163 Å². The molecule has 4 aromatic rings. The zero-order chi connectivity index (χ0) is 19.3. The van der Waals surface area contributed by atoms with Gasteiger partial charge in [-0.15, -0.1) is 10.2 Å². The number of rotatable bonds is 7. The van der Waals surface area contributed by atoms with E-state index in [9.17, 15) is 0 Å². The number of nitrogens with one attached hydrogen (secondary N) is 1. The van der Waals surface area contributed by atoms with E-state index in [0.29, 0.717) is 12.2 Å². The molecule has 8 nitrogen and oxygen atoms in total. The van der Waals surface area contributed by atoms with Gasteiger partial charge in [0.2, 0.25) is 5.82 Å². The lowest BCUT2D eigenvalue weighted by molar-refractivity contribution is 0.570. The molecule has 0 saturated carbocycles. The van der Waals surface area contributed by atoms with Crippen molar-refractivity contribution in [3.05, 3.63) is 59.9 Å². The lowest BCUT2D eigenvalue weighted by atomic mass is 10.0. The van der Waals surface area contributed by atoms with Crippen LogP contribution in [0.2, 0.25) is 0 Å². The molecule has 142 valence electrons. The summed E-state index contributed by atoms with van der Waals surface area (Å²) < 4.78 is 2.00. The van der Waals surface area contributed by atoms with Crippen molar-refractivity contribution < 1.29 is 0 Å². The quantitative estimate of drug-likeness (QED) is 0.534. The highest BCUT2D eigenvalue weighted by Gasteiger charge is 2.13. The molecule has 0 aliphatic rings. The fourth-order valence-corrected chi connectivity index (χ4v) is 3.15. The second-order valence-corrected chi connectivity index (χ2v) is 6.52. The first-order valence-electron chi connectivity index (χ1n) is 9.49. The highest BCUT2D eigenvalue weighted by molar-refractivity contribution is 5.79. The van der Waals surface area contributed by atoms with Crippen LogP contribution in [0.15, 0.2) is 42.6 Å². The molecule has 0 bridgehead atoms. The molecule has 3 aromatic heterocycles.